The van der Waals surface area contributed by atoms with Crippen molar-refractivity contribution in [2.24, 2.45) is 0 Å². The highest BCUT2D eigenvalue weighted by Gasteiger charge is 2.34. The van der Waals surface area contributed by atoms with Crippen LogP contribution in [0.3, 0.4) is 0 Å². The zero-order valence-electron chi connectivity index (χ0n) is 20.2. The molecule has 11 heteroatoms. The van der Waals surface area contributed by atoms with Crippen molar-refractivity contribution in [3.8, 4) is 11.3 Å². The highest BCUT2D eigenvalue weighted by Crippen LogP contribution is 2.37. The van der Waals surface area contributed by atoms with Gasteiger partial charge in [-0.05, 0) is 55.6 Å². The number of halogens is 6. The van der Waals surface area contributed by atoms with E-state index in [0.717, 1.165) is 18.2 Å². The maximum atomic E-state index is 13.6. The zero-order valence-corrected chi connectivity index (χ0v) is 20.2. The second kappa shape index (κ2) is 10.8. The van der Waals surface area contributed by atoms with E-state index in [2.05, 4.69) is 26.8 Å². The Labute approximate surface area is 214 Å². The van der Waals surface area contributed by atoms with Gasteiger partial charge < -0.3 is 10.2 Å². The van der Waals surface area contributed by atoms with Crippen LogP contribution in [0.5, 0.6) is 0 Å². The Morgan fingerprint density at radius 3 is 2.34 bits per heavy atom. The van der Waals surface area contributed by atoms with Crippen molar-refractivity contribution >= 4 is 22.4 Å². The number of likely N-dealkylation sites (N-methyl/N-ethyl adjacent to an activating group) is 1. The number of aromatic nitrogens is 3. The molecule has 0 amide bonds. The molecule has 0 saturated carbocycles. The number of benzene rings is 2. The first-order valence-electron chi connectivity index (χ1n) is 11.5. The van der Waals surface area contributed by atoms with Gasteiger partial charge in [0, 0.05) is 42.3 Å². The van der Waals surface area contributed by atoms with Crippen molar-refractivity contribution in [2.45, 2.75) is 18.8 Å². The van der Waals surface area contributed by atoms with Crippen LogP contribution in [0.1, 0.15) is 17.0 Å². The van der Waals surface area contributed by atoms with Crippen molar-refractivity contribution in [1.82, 2.24) is 19.9 Å². The molecule has 38 heavy (non-hydrogen) atoms. The molecule has 0 atom stereocenters. The number of hydrogen-bond donors (Lipinski definition) is 1. The summed E-state index contributed by atoms with van der Waals surface area (Å²) in [7, 11) is 1.89. The molecule has 4 rings (SSSR count). The molecule has 5 nitrogen and oxygen atoms in total. The van der Waals surface area contributed by atoms with Crippen LogP contribution in [0.4, 0.5) is 37.8 Å². The number of rotatable bonds is 8. The van der Waals surface area contributed by atoms with Crippen molar-refractivity contribution in [1.29, 1.82) is 0 Å². The highest BCUT2D eigenvalue weighted by atomic mass is 19.4. The van der Waals surface area contributed by atoms with Crippen LogP contribution in [0, 0.1) is 0 Å². The van der Waals surface area contributed by atoms with Crippen LogP contribution in [-0.4, -0.2) is 40.0 Å². The molecular formula is C27H23F6N5. The zero-order chi connectivity index (χ0) is 27.5. The maximum Gasteiger partial charge on any atom is 0.418 e. The number of alkyl halides is 6. The lowest BCUT2D eigenvalue weighted by Crippen LogP contribution is -2.22. The molecule has 0 spiro atoms. The molecule has 0 fully saturated rings. The SMILES string of the molecule is C=CCN(C)CCc1nc(Nc2ccc(C(F)(F)F)cc2)c2ccc(-c3ncccc3C(F)(F)F)cc2n1. The predicted molar refractivity (Wildman–Crippen MR) is 134 cm³/mol. The van der Waals surface area contributed by atoms with Crippen LogP contribution in [0.2, 0.25) is 0 Å². The van der Waals surface area contributed by atoms with Crippen LogP contribution < -0.4 is 5.32 Å². The van der Waals surface area contributed by atoms with Gasteiger partial charge in [0.15, 0.2) is 0 Å². The Bertz CT molecular complexity index is 1430. The molecule has 0 bridgehead atoms. The van der Waals surface area contributed by atoms with Crippen molar-refractivity contribution in [3.05, 3.63) is 90.4 Å². The predicted octanol–water partition coefficient (Wildman–Crippen LogP) is 7.13. The van der Waals surface area contributed by atoms with Gasteiger partial charge in [-0.25, -0.2) is 9.97 Å². The molecular weight excluding hydrogens is 508 g/mol. The molecule has 2 heterocycles. The minimum atomic E-state index is -4.60. The smallest absolute Gasteiger partial charge is 0.340 e. The van der Waals surface area contributed by atoms with E-state index in [1.54, 1.807) is 12.1 Å². The molecule has 0 aliphatic heterocycles. The van der Waals surface area contributed by atoms with Gasteiger partial charge in [0.1, 0.15) is 11.6 Å². The Morgan fingerprint density at radius 1 is 0.947 bits per heavy atom. The minimum Gasteiger partial charge on any atom is -0.340 e. The molecule has 0 aliphatic carbocycles. The van der Waals surface area contributed by atoms with E-state index < -0.39 is 23.5 Å². The van der Waals surface area contributed by atoms with Crippen LogP contribution in [0.25, 0.3) is 22.2 Å². The lowest BCUT2D eigenvalue weighted by molar-refractivity contribution is -0.138. The summed E-state index contributed by atoms with van der Waals surface area (Å²) in [5.41, 5.74) is -0.942. The summed E-state index contributed by atoms with van der Waals surface area (Å²) in [4.78, 5) is 15.1. The Balaban J connectivity index is 1.77. The van der Waals surface area contributed by atoms with E-state index >= 15 is 0 Å². The van der Waals surface area contributed by atoms with E-state index in [1.807, 2.05) is 11.9 Å². The Hall–Kier alpha value is -3.99. The van der Waals surface area contributed by atoms with Crippen LogP contribution in [-0.2, 0) is 18.8 Å². The minimum absolute atomic E-state index is 0.222. The largest absolute Gasteiger partial charge is 0.418 e. The number of nitrogens with one attached hydrogen (secondary N) is 1. The molecule has 2 aromatic carbocycles. The second-order valence-corrected chi connectivity index (χ2v) is 8.62. The van der Waals surface area contributed by atoms with E-state index in [0.29, 0.717) is 47.7 Å². The Morgan fingerprint density at radius 2 is 1.68 bits per heavy atom. The fourth-order valence-corrected chi connectivity index (χ4v) is 3.88. The lowest BCUT2D eigenvalue weighted by atomic mass is 10.0. The van der Waals surface area contributed by atoms with Gasteiger partial charge >= 0.3 is 12.4 Å². The van der Waals surface area contributed by atoms with Gasteiger partial charge in [-0.15, -0.1) is 6.58 Å². The first-order chi connectivity index (χ1) is 18.0. The summed E-state index contributed by atoms with van der Waals surface area (Å²) in [5, 5.41) is 3.52. The molecule has 0 radical (unpaired) electrons. The molecule has 0 unspecified atom stereocenters. The van der Waals surface area contributed by atoms with Gasteiger partial charge in [0.2, 0.25) is 0 Å². The Kier molecular flexibility index (Phi) is 7.68. The third-order valence-electron chi connectivity index (χ3n) is 5.76. The molecule has 0 aliphatic rings. The molecule has 4 aromatic rings. The fraction of sp³-hybridized carbons (Fsp3) is 0.222. The highest BCUT2D eigenvalue weighted by molar-refractivity contribution is 5.93. The fourth-order valence-electron chi connectivity index (χ4n) is 3.88. The third kappa shape index (κ3) is 6.28. The van der Waals surface area contributed by atoms with Crippen molar-refractivity contribution in [3.63, 3.8) is 0 Å². The number of hydrogen-bond acceptors (Lipinski definition) is 5. The van der Waals surface area contributed by atoms with E-state index in [4.69, 9.17) is 0 Å². The van der Waals surface area contributed by atoms with E-state index in [-0.39, 0.29) is 11.3 Å². The number of anilines is 2. The van der Waals surface area contributed by atoms with Gasteiger partial charge in [-0.2, -0.15) is 26.3 Å². The van der Waals surface area contributed by atoms with Crippen molar-refractivity contribution < 1.29 is 26.3 Å². The average Bonchev–Trinajstić information content (AvgIpc) is 2.86. The molecule has 2 aromatic heterocycles. The topological polar surface area (TPSA) is 53.9 Å². The standard InChI is InChI=1S/C27H23F6N5/c1-3-14-38(2)15-12-23-36-22-16-17(24-21(27(31,32)33)5-4-13-34-24)6-11-20(22)25(37-23)35-19-9-7-18(8-10-19)26(28,29)30/h3-11,13,16H,1,12,14-15H2,2H3,(H,35,36,37). The third-order valence-corrected chi connectivity index (χ3v) is 5.76. The number of pyridine rings is 1. The number of fused-ring (bicyclic) bond motifs is 1. The summed E-state index contributed by atoms with van der Waals surface area (Å²) < 4.78 is 79.7. The normalized spacial score (nSPS) is 12.2. The van der Waals surface area contributed by atoms with Gasteiger partial charge in [-0.1, -0.05) is 12.1 Å². The van der Waals surface area contributed by atoms with Crippen molar-refractivity contribution in [2.75, 3.05) is 25.5 Å². The summed E-state index contributed by atoms with van der Waals surface area (Å²) in [6.45, 7) is 4.91. The van der Waals surface area contributed by atoms with Crippen LogP contribution >= 0.6 is 0 Å². The molecule has 0 saturated heterocycles. The van der Waals surface area contributed by atoms with Gasteiger partial charge in [-0.3, -0.25) is 4.98 Å². The maximum absolute atomic E-state index is 13.6. The monoisotopic (exact) mass is 531 g/mol. The van der Waals surface area contributed by atoms with Gasteiger partial charge in [0.05, 0.1) is 22.3 Å². The van der Waals surface area contributed by atoms with E-state index in [1.165, 1.54) is 36.5 Å². The van der Waals surface area contributed by atoms with Crippen LogP contribution in [0.15, 0.2) is 73.4 Å². The van der Waals surface area contributed by atoms with Gasteiger partial charge in [0.25, 0.3) is 0 Å². The lowest BCUT2D eigenvalue weighted by Gasteiger charge is -2.16. The summed E-state index contributed by atoms with van der Waals surface area (Å²) in [6.07, 6.45) is -5.62. The number of nitrogens with zero attached hydrogens (tertiary/aromatic N) is 4. The first-order valence-corrected chi connectivity index (χ1v) is 11.5. The van der Waals surface area contributed by atoms with E-state index in [9.17, 15) is 26.3 Å². The summed E-state index contributed by atoms with van der Waals surface area (Å²) >= 11 is 0. The molecule has 1 N–H and O–H groups in total. The molecule has 198 valence electrons. The first kappa shape index (κ1) is 27.1. The summed E-state index contributed by atoms with van der Waals surface area (Å²) in [5.74, 6) is 0.733. The second-order valence-electron chi connectivity index (χ2n) is 8.62. The quantitative estimate of drug-likeness (QED) is 0.194. The summed E-state index contributed by atoms with van der Waals surface area (Å²) in [6, 6.07) is 11.2. The average molecular weight is 532 g/mol.